The fraction of sp³-hybridized carbons (Fsp3) is 0.632. The lowest BCUT2D eigenvalue weighted by Gasteiger charge is -2.35. The number of halogens is 1. The number of carbonyl (C=O) groups is 1. The summed E-state index contributed by atoms with van der Waals surface area (Å²) in [5.41, 5.74) is 1.11. The highest BCUT2D eigenvalue weighted by molar-refractivity contribution is 6.30. The molecule has 26 heavy (non-hydrogen) atoms. The van der Waals surface area contributed by atoms with Crippen molar-refractivity contribution in [2.45, 2.75) is 37.5 Å². The molecule has 0 aliphatic carbocycles. The van der Waals surface area contributed by atoms with Gasteiger partial charge in [-0.05, 0) is 37.5 Å². The second-order valence-corrected chi connectivity index (χ2v) is 7.70. The van der Waals surface area contributed by atoms with E-state index >= 15 is 0 Å². The highest BCUT2D eigenvalue weighted by Gasteiger charge is 2.34. The number of nitrogens with zero attached hydrogens (tertiary/aromatic N) is 2. The average Bonchev–Trinajstić information content (AvgIpc) is 3.34. The Kier molecular flexibility index (Phi) is 5.52. The quantitative estimate of drug-likeness (QED) is 0.876. The van der Waals surface area contributed by atoms with Crippen molar-refractivity contribution in [2.75, 3.05) is 44.3 Å². The molecule has 1 aromatic carbocycles. The summed E-state index contributed by atoms with van der Waals surface area (Å²) in [6.45, 7) is 4.37. The molecule has 0 bridgehead atoms. The summed E-state index contributed by atoms with van der Waals surface area (Å²) in [5.74, 6) is 0. The second kappa shape index (κ2) is 8.03. The van der Waals surface area contributed by atoms with Crippen molar-refractivity contribution < 1.29 is 14.3 Å². The van der Waals surface area contributed by atoms with E-state index in [2.05, 4.69) is 16.3 Å². The SMILES string of the molecule is O=C(N[C@@H]1CCN(c2cccc(Cl)c2)C1)N1CCO[C@@H]([C@@H]2CCCO2)C1. The van der Waals surface area contributed by atoms with Gasteiger partial charge in [0.1, 0.15) is 6.10 Å². The van der Waals surface area contributed by atoms with Crippen LogP contribution in [0.15, 0.2) is 24.3 Å². The van der Waals surface area contributed by atoms with Crippen LogP contribution in [0.2, 0.25) is 5.02 Å². The lowest BCUT2D eigenvalue weighted by molar-refractivity contribution is -0.0849. The van der Waals surface area contributed by atoms with Gasteiger partial charge >= 0.3 is 6.03 Å². The van der Waals surface area contributed by atoms with Crippen molar-refractivity contribution in [1.82, 2.24) is 10.2 Å². The van der Waals surface area contributed by atoms with Crippen molar-refractivity contribution in [1.29, 1.82) is 0 Å². The Labute approximate surface area is 159 Å². The van der Waals surface area contributed by atoms with E-state index in [0.29, 0.717) is 19.7 Å². The maximum atomic E-state index is 12.7. The minimum Gasteiger partial charge on any atom is -0.375 e. The van der Waals surface area contributed by atoms with E-state index in [-0.39, 0.29) is 24.3 Å². The first-order valence-electron chi connectivity index (χ1n) is 9.48. The van der Waals surface area contributed by atoms with E-state index in [4.69, 9.17) is 21.1 Å². The van der Waals surface area contributed by atoms with Gasteiger partial charge in [0.25, 0.3) is 0 Å². The molecule has 0 saturated carbocycles. The fourth-order valence-corrected chi connectivity index (χ4v) is 4.22. The Bertz CT molecular complexity index is 638. The first kappa shape index (κ1) is 17.9. The van der Waals surface area contributed by atoms with E-state index in [1.807, 2.05) is 23.1 Å². The van der Waals surface area contributed by atoms with Crippen LogP contribution in [0.3, 0.4) is 0 Å². The van der Waals surface area contributed by atoms with Crippen LogP contribution in [0.5, 0.6) is 0 Å². The largest absolute Gasteiger partial charge is 0.375 e. The Hall–Kier alpha value is -1.50. The Morgan fingerprint density at radius 3 is 2.81 bits per heavy atom. The molecule has 142 valence electrons. The molecule has 3 aliphatic rings. The molecule has 3 aliphatic heterocycles. The van der Waals surface area contributed by atoms with Crippen LogP contribution in [0.25, 0.3) is 0 Å². The van der Waals surface area contributed by atoms with Crippen LogP contribution in [-0.4, -0.2) is 68.6 Å². The van der Waals surface area contributed by atoms with Crippen LogP contribution in [0.1, 0.15) is 19.3 Å². The lowest BCUT2D eigenvalue weighted by atomic mass is 10.1. The van der Waals surface area contributed by atoms with Crippen LogP contribution < -0.4 is 10.2 Å². The van der Waals surface area contributed by atoms with E-state index < -0.39 is 0 Å². The van der Waals surface area contributed by atoms with Crippen molar-refractivity contribution >= 4 is 23.3 Å². The summed E-state index contributed by atoms with van der Waals surface area (Å²) in [6.07, 6.45) is 3.19. The average molecular weight is 380 g/mol. The lowest BCUT2D eigenvalue weighted by Crippen LogP contribution is -2.54. The topological polar surface area (TPSA) is 54.0 Å². The number of amides is 2. The third kappa shape index (κ3) is 4.08. The highest BCUT2D eigenvalue weighted by Crippen LogP contribution is 2.24. The molecule has 3 heterocycles. The first-order chi connectivity index (χ1) is 12.7. The normalized spacial score (nSPS) is 29.2. The molecule has 3 atom stereocenters. The molecule has 0 radical (unpaired) electrons. The Balaban J connectivity index is 1.29. The minimum atomic E-state index is 0.00328. The van der Waals surface area contributed by atoms with Gasteiger partial charge in [-0.3, -0.25) is 0 Å². The number of anilines is 1. The van der Waals surface area contributed by atoms with E-state index in [0.717, 1.165) is 49.7 Å². The summed E-state index contributed by atoms with van der Waals surface area (Å²) < 4.78 is 11.6. The maximum absolute atomic E-state index is 12.7. The number of morpholine rings is 1. The van der Waals surface area contributed by atoms with Gasteiger partial charge in [0.05, 0.1) is 19.3 Å². The van der Waals surface area contributed by atoms with E-state index in [9.17, 15) is 4.79 Å². The van der Waals surface area contributed by atoms with Gasteiger partial charge < -0.3 is 24.6 Å². The molecular weight excluding hydrogens is 354 g/mol. The molecule has 1 N–H and O–H groups in total. The number of hydrogen-bond acceptors (Lipinski definition) is 4. The van der Waals surface area contributed by atoms with Crippen molar-refractivity contribution in [2.24, 2.45) is 0 Å². The highest BCUT2D eigenvalue weighted by atomic mass is 35.5. The van der Waals surface area contributed by atoms with Crippen molar-refractivity contribution in [3.05, 3.63) is 29.3 Å². The zero-order valence-electron chi connectivity index (χ0n) is 14.9. The maximum Gasteiger partial charge on any atom is 0.317 e. The van der Waals surface area contributed by atoms with Crippen LogP contribution in [0.4, 0.5) is 10.5 Å². The van der Waals surface area contributed by atoms with Crippen LogP contribution >= 0.6 is 11.6 Å². The number of benzene rings is 1. The predicted molar refractivity (Wildman–Crippen MR) is 101 cm³/mol. The van der Waals surface area contributed by atoms with Crippen molar-refractivity contribution in [3.8, 4) is 0 Å². The fourth-order valence-electron chi connectivity index (χ4n) is 4.03. The molecule has 3 saturated heterocycles. The number of ether oxygens (including phenoxy) is 2. The predicted octanol–water partition coefficient (Wildman–Crippen LogP) is 2.51. The molecule has 1 aromatic rings. The molecule has 2 amide bonds. The number of hydrogen-bond donors (Lipinski definition) is 1. The van der Waals surface area contributed by atoms with Gasteiger partial charge in [-0.2, -0.15) is 0 Å². The third-order valence-electron chi connectivity index (χ3n) is 5.45. The number of carbonyl (C=O) groups excluding carboxylic acids is 1. The first-order valence-corrected chi connectivity index (χ1v) is 9.86. The molecule has 0 spiro atoms. The number of nitrogens with one attached hydrogen (secondary N) is 1. The molecular formula is C19H26ClN3O3. The molecule has 7 heteroatoms. The standard InChI is InChI=1S/C19H26ClN3O3/c20-14-3-1-4-16(11-14)22-7-6-15(12-22)21-19(24)23-8-10-26-18(13-23)17-5-2-9-25-17/h1,3-4,11,15,17-18H,2,5-10,12-13H2,(H,21,24)/t15-,17+,18-/m1/s1. The summed E-state index contributed by atoms with van der Waals surface area (Å²) in [6, 6.07) is 8.04. The van der Waals surface area contributed by atoms with Crippen LogP contribution in [-0.2, 0) is 9.47 Å². The van der Waals surface area contributed by atoms with E-state index in [1.165, 1.54) is 0 Å². The second-order valence-electron chi connectivity index (χ2n) is 7.27. The Morgan fingerprint density at radius 1 is 1.12 bits per heavy atom. The molecule has 6 nitrogen and oxygen atoms in total. The molecule has 3 fully saturated rings. The van der Waals surface area contributed by atoms with Gasteiger partial charge in [0, 0.05) is 43.0 Å². The van der Waals surface area contributed by atoms with Gasteiger partial charge in [-0.1, -0.05) is 17.7 Å². The van der Waals surface area contributed by atoms with Gasteiger partial charge in [0.2, 0.25) is 0 Å². The van der Waals surface area contributed by atoms with Crippen LogP contribution in [0, 0.1) is 0 Å². The zero-order chi connectivity index (χ0) is 17.9. The number of rotatable bonds is 3. The molecule has 4 rings (SSSR count). The summed E-state index contributed by atoms with van der Waals surface area (Å²) >= 11 is 6.09. The molecule has 0 aromatic heterocycles. The van der Waals surface area contributed by atoms with Gasteiger partial charge in [-0.15, -0.1) is 0 Å². The summed E-state index contributed by atoms with van der Waals surface area (Å²) in [7, 11) is 0. The molecule has 0 unspecified atom stereocenters. The van der Waals surface area contributed by atoms with Gasteiger partial charge in [0.15, 0.2) is 0 Å². The smallest absolute Gasteiger partial charge is 0.317 e. The summed E-state index contributed by atoms with van der Waals surface area (Å²) in [4.78, 5) is 16.8. The Morgan fingerprint density at radius 2 is 2.00 bits per heavy atom. The number of urea groups is 1. The zero-order valence-corrected chi connectivity index (χ0v) is 15.7. The van der Waals surface area contributed by atoms with Gasteiger partial charge in [-0.25, -0.2) is 4.79 Å². The van der Waals surface area contributed by atoms with Crippen molar-refractivity contribution in [3.63, 3.8) is 0 Å². The van der Waals surface area contributed by atoms with E-state index in [1.54, 1.807) is 0 Å². The summed E-state index contributed by atoms with van der Waals surface area (Å²) in [5, 5.41) is 3.93. The monoisotopic (exact) mass is 379 g/mol. The third-order valence-corrected chi connectivity index (χ3v) is 5.68. The minimum absolute atomic E-state index is 0.00328.